The lowest BCUT2D eigenvalue weighted by atomic mass is 10.2. The van der Waals surface area contributed by atoms with E-state index in [9.17, 15) is 0 Å². The first kappa shape index (κ1) is 6.09. The Kier molecular flexibility index (Phi) is 1.69. The van der Waals surface area contributed by atoms with Crippen molar-refractivity contribution in [2.75, 3.05) is 0 Å². The maximum Gasteiger partial charge on any atom is -0.0233 e. The Morgan fingerprint density at radius 3 is 2.44 bits per heavy atom. The number of benzene rings is 1. The molecule has 1 aromatic rings. The van der Waals surface area contributed by atoms with E-state index in [-0.39, 0.29) is 0 Å². The average molecular weight is 118 g/mol. The van der Waals surface area contributed by atoms with Crippen LogP contribution in [0.2, 0.25) is 0 Å². The fraction of sp³-hybridized carbons (Fsp3) is 0.111. The van der Waals surface area contributed by atoms with Crippen molar-refractivity contribution < 1.29 is 0 Å². The van der Waals surface area contributed by atoms with Gasteiger partial charge in [0.25, 0.3) is 0 Å². The molecule has 0 aliphatic carbocycles. The van der Waals surface area contributed by atoms with Gasteiger partial charge in [0.1, 0.15) is 0 Å². The van der Waals surface area contributed by atoms with Crippen LogP contribution in [0.3, 0.4) is 0 Å². The minimum absolute atomic E-state index is 1.10. The number of rotatable bonds is 0. The van der Waals surface area contributed by atoms with E-state index in [4.69, 9.17) is 0 Å². The molecule has 46 valence electrons. The third-order valence-electron chi connectivity index (χ3n) is 1.37. The maximum absolute atomic E-state index is 3.86. The van der Waals surface area contributed by atoms with Crippen LogP contribution in [0, 0.1) is 0 Å². The van der Waals surface area contributed by atoms with Crippen molar-refractivity contribution in [3.05, 3.63) is 34.7 Å². The lowest BCUT2D eigenvalue weighted by Gasteiger charge is -1.82. The molecule has 0 bridgehead atoms. The van der Waals surface area contributed by atoms with Crippen molar-refractivity contribution >= 4 is 12.7 Å². The van der Waals surface area contributed by atoms with Crippen LogP contribution in [0.4, 0.5) is 0 Å². The van der Waals surface area contributed by atoms with Crippen molar-refractivity contribution in [3.8, 4) is 0 Å². The van der Waals surface area contributed by atoms with Gasteiger partial charge in [-0.2, -0.15) is 0 Å². The molecule has 1 aromatic carbocycles. The lowest BCUT2D eigenvalue weighted by molar-refractivity contribution is 1.52. The zero-order chi connectivity index (χ0) is 6.69. The quantitative estimate of drug-likeness (QED) is 0.474. The molecule has 0 nitrogen and oxygen atoms in total. The van der Waals surface area contributed by atoms with E-state index in [1.165, 1.54) is 5.22 Å². The molecule has 0 atom stereocenters. The van der Waals surface area contributed by atoms with Gasteiger partial charge in [-0.15, -0.1) is 0 Å². The van der Waals surface area contributed by atoms with Crippen molar-refractivity contribution in [2.24, 2.45) is 0 Å². The predicted molar refractivity (Wildman–Crippen MR) is 41.4 cm³/mol. The molecule has 0 unspecified atom stereocenters. The normalized spacial score (nSPS) is 11.9. The molecular formula is C9H10. The van der Waals surface area contributed by atoms with E-state index < -0.39 is 0 Å². The fourth-order valence-corrected chi connectivity index (χ4v) is 0.816. The molecule has 0 spiro atoms. The number of hydrogen-bond donors (Lipinski definition) is 0. The highest BCUT2D eigenvalue weighted by Gasteiger charge is 1.74. The highest BCUT2D eigenvalue weighted by molar-refractivity contribution is 5.23. The van der Waals surface area contributed by atoms with E-state index in [1.807, 2.05) is 25.1 Å². The van der Waals surface area contributed by atoms with Crippen molar-refractivity contribution in [1.29, 1.82) is 0 Å². The first-order chi connectivity index (χ1) is 4.34. The molecule has 0 aliphatic rings. The SMILES string of the molecule is C=c1cccc/c1=C\C. The van der Waals surface area contributed by atoms with E-state index in [1.54, 1.807) is 0 Å². The first-order valence-electron chi connectivity index (χ1n) is 3.05. The second kappa shape index (κ2) is 2.49. The standard InChI is InChI=1S/C9H10/c1-3-9-7-5-4-6-8(9)2/h3-7H,2H2,1H3/b9-3+. The average Bonchev–Trinajstić information content (AvgIpc) is 1.89. The van der Waals surface area contributed by atoms with Crippen molar-refractivity contribution in [2.45, 2.75) is 6.92 Å². The van der Waals surface area contributed by atoms with Crippen molar-refractivity contribution in [3.63, 3.8) is 0 Å². The summed E-state index contributed by atoms with van der Waals surface area (Å²) in [5.41, 5.74) is 0. The molecular weight excluding hydrogens is 108 g/mol. The van der Waals surface area contributed by atoms with Crippen LogP contribution in [0.25, 0.3) is 12.7 Å². The number of hydrogen-bond acceptors (Lipinski definition) is 0. The van der Waals surface area contributed by atoms with Gasteiger partial charge in [-0.3, -0.25) is 0 Å². The summed E-state index contributed by atoms with van der Waals surface area (Å²) in [6.45, 7) is 5.88. The molecule has 0 radical (unpaired) electrons. The van der Waals surface area contributed by atoms with E-state index >= 15 is 0 Å². The van der Waals surface area contributed by atoms with Gasteiger partial charge in [0.15, 0.2) is 0 Å². The molecule has 0 heteroatoms. The zero-order valence-electron chi connectivity index (χ0n) is 5.59. The first-order valence-corrected chi connectivity index (χ1v) is 3.05. The fourth-order valence-electron chi connectivity index (χ4n) is 0.816. The Morgan fingerprint density at radius 2 is 2.00 bits per heavy atom. The van der Waals surface area contributed by atoms with Gasteiger partial charge < -0.3 is 0 Å². The summed E-state index contributed by atoms with van der Waals surface area (Å²) in [7, 11) is 0. The molecule has 1 rings (SSSR count). The summed E-state index contributed by atoms with van der Waals surface area (Å²) in [6.07, 6.45) is 2.06. The van der Waals surface area contributed by atoms with Crippen LogP contribution in [-0.4, -0.2) is 0 Å². The van der Waals surface area contributed by atoms with Crippen LogP contribution in [0.5, 0.6) is 0 Å². The smallest absolute Gasteiger partial charge is 0.0233 e. The Labute approximate surface area is 55.1 Å². The summed E-state index contributed by atoms with van der Waals surface area (Å²) in [5, 5.41) is 2.32. The van der Waals surface area contributed by atoms with Crippen LogP contribution in [-0.2, 0) is 0 Å². The largest absolute Gasteiger partial charge is 0.0912 e. The van der Waals surface area contributed by atoms with E-state index in [0.29, 0.717) is 0 Å². The minimum Gasteiger partial charge on any atom is -0.0912 e. The van der Waals surface area contributed by atoms with Crippen LogP contribution < -0.4 is 10.4 Å². The van der Waals surface area contributed by atoms with Gasteiger partial charge in [0.05, 0.1) is 0 Å². The molecule has 0 aliphatic heterocycles. The Morgan fingerprint density at radius 1 is 1.33 bits per heavy atom. The molecule has 0 aromatic heterocycles. The third kappa shape index (κ3) is 1.20. The second-order valence-electron chi connectivity index (χ2n) is 1.99. The molecule has 0 fully saturated rings. The lowest BCUT2D eigenvalue weighted by Crippen LogP contribution is -2.20. The summed E-state index contributed by atoms with van der Waals surface area (Å²) >= 11 is 0. The van der Waals surface area contributed by atoms with Gasteiger partial charge in [-0.25, -0.2) is 0 Å². The summed E-state index contributed by atoms with van der Waals surface area (Å²) in [5.74, 6) is 0. The highest BCUT2D eigenvalue weighted by Crippen LogP contribution is 1.68. The van der Waals surface area contributed by atoms with Gasteiger partial charge in [0.2, 0.25) is 0 Å². The molecule has 9 heavy (non-hydrogen) atoms. The molecule has 0 amide bonds. The zero-order valence-corrected chi connectivity index (χ0v) is 5.59. The van der Waals surface area contributed by atoms with E-state index in [0.717, 1.165) is 5.22 Å². The molecule has 0 saturated carbocycles. The van der Waals surface area contributed by atoms with Gasteiger partial charge >= 0.3 is 0 Å². The topological polar surface area (TPSA) is 0 Å². The summed E-state index contributed by atoms with van der Waals surface area (Å²) in [6, 6.07) is 8.08. The highest BCUT2D eigenvalue weighted by atomic mass is 13.8. The Bertz CT molecular complexity index is 283. The van der Waals surface area contributed by atoms with Gasteiger partial charge in [0, 0.05) is 0 Å². The monoisotopic (exact) mass is 118 g/mol. The van der Waals surface area contributed by atoms with E-state index in [2.05, 4.69) is 18.7 Å². The molecule has 0 saturated heterocycles. The second-order valence-corrected chi connectivity index (χ2v) is 1.99. The summed E-state index contributed by atoms with van der Waals surface area (Å²) < 4.78 is 0. The predicted octanol–water partition coefficient (Wildman–Crippen LogP) is 0.897. The van der Waals surface area contributed by atoms with Crippen LogP contribution >= 0.6 is 0 Å². The molecule has 0 heterocycles. The van der Waals surface area contributed by atoms with Crippen LogP contribution in [0.15, 0.2) is 24.3 Å². The van der Waals surface area contributed by atoms with Crippen molar-refractivity contribution in [1.82, 2.24) is 0 Å². The minimum atomic E-state index is 1.10. The van der Waals surface area contributed by atoms with Gasteiger partial charge in [-0.1, -0.05) is 36.9 Å². The van der Waals surface area contributed by atoms with Gasteiger partial charge in [-0.05, 0) is 17.4 Å². The molecule has 0 N–H and O–H groups in total. The Balaban J connectivity index is 3.53. The maximum atomic E-state index is 3.86. The van der Waals surface area contributed by atoms with Crippen LogP contribution in [0.1, 0.15) is 6.92 Å². The Hall–Kier alpha value is -1.04. The third-order valence-corrected chi connectivity index (χ3v) is 1.37. The summed E-state index contributed by atoms with van der Waals surface area (Å²) in [4.78, 5) is 0.